The SMILES string of the molecule is Cc1ccc(S(=O)(=O)[C@H](C)C=O)cc1. The van der Waals surface area contributed by atoms with Gasteiger partial charge in [0.2, 0.25) is 0 Å². The number of rotatable bonds is 3. The molecule has 0 aliphatic carbocycles. The molecule has 0 heterocycles. The number of sulfone groups is 1. The highest BCUT2D eigenvalue weighted by molar-refractivity contribution is 7.92. The normalized spacial score (nSPS) is 13.6. The third kappa shape index (κ3) is 2.01. The van der Waals surface area contributed by atoms with Crippen LogP contribution in [0.5, 0.6) is 0 Å². The van der Waals surface area contributed by atoms with Crippen molar-refractivity contribution in [2.75, 3.05) is 0 Å². The lowest BCUT2D eigenvalue weighted by Gasteiger charge is -2.06. The molecule has 0 aromatic heterocycles. The second-order valence-corrected chi connectivity index (χ2v) is 5.50. The summed E-state index contributed by atoms with van der Waals surface area (Å²) in [4.78, 5) is 10.6. The van der Waals surface area contributed by atoms with Crippen molar-refractivity contribution < 1.29 is 13.2 Å². The van der Waals surface area contributed by atoms with Crippen LogP contribution in [0.15, 0.2) is 29.2 Å². The van der Waals surface area contributed by atoms with E-state index in [4.69, 9.17) is 0 Å². The second-order valence-electron chi connectivity index (χ2n) is 3.20. The maximum Gasteiger partial charge on any atom is 0.187 e. The Morgan fingerprint density at radius 1 is 1.21 bits per heavy atom. The molecule has 0 saturated carbocycles. The molecule has 0 radical (unpaired) electrons. The number of hydrogen-bond donors (Lipinski definition) is 0. The Labute approximate surface area is 83.7 Å². The molecule has 0 N–H and O–H groups in total. The minimum atomic E-state index is -3.47. The Kier molecular flexibility index (Phi) is 3.06. The first-order valence-electron chi connectivity index (χ1n) is 4.24. The molecule has 0 amide bonds. The van der Waals surface area contributed by atoms with E-state index < -0.39 is 15.1 Å². The van der Waals surface area contributed by atoms with Gasteiger partial charge in [0.15, 0.2) is 9.84 Å². The molecule has 0 bridgehead atoms. The van der Waals surface area contributed by atoms with Crippen LogP contribution in [0.1, 0.15) is 12.5 Å². The maximum absolute atomic E-state index is 11.6. The number of benzene rings is 1. The van der Waals surface area contributed by atoms with Crippen LogP contribution in [0, 0.1) is 6.92 Å². The average molecular weight is 212 g/mol. The number of aldehydes is 1. The second kappa shape index (κ2) is 3.92. The van der Waals surface area contributed by atoms with E-state index >= 15 is 0 Å². The highest BCUT2D eigenvalue weighted by Crippen LogP contribution is 2.15. The van der Waals surface area contributed by atoms with Gasteiger partial charge in [-0.15, -0.1) is 0 Å². The molecule has 1 aromatic rings. The molecule has 4 heteroatoms. The molecular formula is C10H12O3S. The van der Waals surface area contributed by atoms with Crippen LogP contribution in [-0.4, -0.2) is 20.0 Å². The van der Waals surface area contributed by atoms with Crippen molar-refractivity contribution in [2.24, 2.45) is 0 Å². The van der Waals surface area contributed by atoms with E-state index in [9.17, 15) is 13.2 Å². The Morgan fingerprint density at radius 3 is 2.14 bits per heavy atom. The summed E-state index contributed by atoms with van der Waals surface area (Å²) in [5.41, 5.74) is 0.989. The van der Waals surface area contributed by atoms with Gasteiger partial charge in [-0.25, -0.2) is 8.42 Å². The fourth-order valence-electron chi connectivity index (χ4n) is 1.02. The summed E-state index contributed by atoms with van der Waals surface area (Å²) in [5.74, 6) is 0. The molecule has 1 rings (SSSR count). The van der Waals surface area contributed by atoms with E-state index in [1.165, 1.54) is 19.1 Å². The molecule has 0 unspecified atom stereocenters. The molecular weight excluding hydrogens is 200 g/mol. The van der Waals surface area contributed by atoms with E-state index in [0.29, 0.717) is 6.29 Å². The zero-order valence-electron chi connectivity index (χ0n) is 8.10. The summed E-state index contributed by atoms with van der Waals surface area (Å²) in [7, 11) is -3.47. The van der Waals surface area contributed by atoms with Crippen LogP contribution < -0.4 is 0 Å². The van der Waals surface area contributed by atoms with Gasteiger partial charge in [0.1, 0.15) is 11.5 Å². The van der Waals surface area contributed by atoms with E-state index in [1.807, 2.05) is 6.92 Å². The van der Waals surface area contributed by atoms with Crippen molar-refractivity contribution in [3.05, 3.63) is 29.8 Å². The van der Waals surface area contributed by atoms with Gasteiger partial charge in [-0.2, -0.15) is 0 Å². The average Bonchev–Trinajstić information content (AvgIpc) is 2.17. The van der Waals surface area contributed by atoms with Crippen molar-refractivity contribution in [1.82, 2.24) is 0 Å². The van der Waals surface area contributed by atoms with Gasteiger partial charge >= 0.3 is 0 Å². The highest BCUT2D eigenvalue weighted by atomic mass is 32.2. The Balaban J connectivity index is 3.17. The third-order valence-corrected chi connectivity index (χ3v) is 4.05. The van der Waals surface area contributed by atoms with Crippen LogP contribution >= 0.6 is 0 Å². The number of carbonyl (C=O) groups excluding carboxylic acids is 1. The number of hydrogen-bond acceptors (Lipinski definition) is 3. The lowest BCUT2D eigenvalue weighted by Crippen LogP contribution is -2.19. The molecule has 3 nitrogen and oxygen atoms in total. The summed E-state index contributed by atoms with van der Waals surface area (Å²) >= 11 is 0. The minimum Gasteiger partial charge on any atom is -0.302 e. The summed E-state index contributed by atoms with van der Waals surface area (Å²) in [6.07, 6.45) is 0.440. The predicted octanol–water partition coefficient (Wildman–Crippen LogP) is 1.36. The molecule has 14 heavy (non-hydrogen) atoms. The lowest BCUT2D eigenvalue weighted by atomic mass is 10.2. The van der Waals surface area contributed by atoms with Gasteiger partial charge in [-0.05, 0) is 26.0 Å². The highest BCUT2D eigenvalue weighted by Gasteiger charge is 2.21. The number of carbonyl (C=O) groups is 1. The first-order chi connectivity index (χ1) is 6.48. The van der Waals surface area contributed by atoms with Crippen LogP contribution in [0.3, 0.4) is 0 Å². The van der Waals surface area contributed by atoms with Crippen LogP contribution in [-0.2, 0) is 14.6 Å². The molecule has 1 aromatic carbocycles. The van der Waals surface area contributed by atoms with Gasteiger partial charge in [0, 0.05) is 0 Å². The monoisotopic (exact) mass is 212 g/mol. The van der Waals surface area contributed by atoms with E-state index in [0.717, 1.165) is 5.56 Å². The van der Waals surface area contributed by atoms with Crippen LogP contribution in [0.4, 0.5) is 0 Å². The third-order valence-electron chi connectivity index (χ3n) is 2.03. The topological polar surface area (TPSA) is 51.2 Å². The Bertz CT molecular complexity index is 417. The summed E-state index contributed by atoms with van der Waals surface area (Å²) in [6, 6.07) is 6.46. The summed E-state index contributed by atoms with van der Waals surface area (Å²) in [6.45, 7) is 3.25. The summed E-state index contributed by atoms with van der Waals surface area (Å²) in [5, 5.41) is -0.981. The first kappa shape index (κ1) is 10.9. The van der Waals surface area contributed by atoms with E-state index in [1.54, 1.807) is 12.1 Å². The molecule has 0 aliphatic rings. The lowest BCUT2D eigenvalue weighted by molar-refractivity contribution is -0.107. The van der Waals surface area contributed by atoms with Gasteiger partial charge < -0.3 is 4.79 Å². The molecule has 0 saturated heterocycles. The fourth-order valence-corrected chi connectivity index (χ4v) is 2.11. The van der Waals surface area contributed by atoms with E-state index in [-0.39, 0.29) is 4.90 Å². The zero-order valence-corrected chi connectivity index (χ0v) is 8.91. The van der Waals surface area contributed by atoms with E-state index in [2.05, 4.69) is 0 Å². The van der Waals surface area contributed by atoms with Gasteiger partial charge in [-0.1, -0.05) is 17.7 Å². The zero-order chi connectivity index (χ0) is 10.8. The molecule has 0 fully saturated rings. The molecule has 76 valence electrons. The van der Waals surface area contributed by atoms with Crippen molar-refractivity contribution in [3.8, 4) is 0 Å². The van der Waals surface area contributed by atoms with Gasteiger partial charge in [0.25, 0.3) is 0 Å². The van der Waals surface area contributed by atoms with Crippen molar-refractivity contribution in [1.29, 1.82) is 0 Å². The molecule has 1 atom stereocenters. The van der Waals surface area contributed by atoms with Crippen molar-refractivity contribution in [3.63, 3.8) is 0 Å². The smallest absolute Gasteiger partial charge is 0.187 e. The number of aryl methyl sites for hydroxylation is 1. The van der Waals surface area contributed by atoms with Crippen molar-refractivity contribution >= 4 is 16.1 Å². The predicted molar refractivity (Wildman–Crippen MR) is 53.9 cm³/mol. The van der Waals surface area contributed by atoms with Crippen LogP contribution in [0.25, 0.3) is 0 Å². The standard InChI is InChI=1S/C10H12O3S/c1-8-3-5-10(6-4-8)14(12,13)9(2)7-11/h3-7,9H,1-2H3/t9-/m1/s1. The molecule has 0 aliphatic heterocycles. The first-order valence-corrected chi connectivity index (χ1v) is 5.79. The van der Waals surface area contributed by atoms with Gasteiger partial charge in [0.05, 0.1) is 4.90 Å². The Hall–Kier alpha value is -1.16. The Morgan fingerprint density at radius 2 is 1.71 bits per heavy atom. The summed E-state index contributed by atoms with van der Waals surface area (Å²) < 4.78 is 23.3. The quantitative estimate of drug-likeness (QED) is 0.711. The largest absolute Gasteiger partial charge is 0.302 e. The van der Waals surface area contributed by atoms with Gasteiger partial charge in [-0.3, -0.25) is 0 Å². The minimum absolute atomic E-state index is 0.197. The molecule has 0 spiro atoms. The maximum atomic E-state index is 11.6. The fraction of sp³-hybridized carbons (Fsp3) is 0.300. The van der Waals surface area contributed by atoms with Crippen molar-refractivity contribution in [2.45, 2.75) is 24.0 Å². The van der Waals surface area contributed by atoms with Crippen LogP contribution in [0.2, 0.25) is 0 Å².